The molecule has 1 aromatic carbocycles. The van der Waals surface area contributed by atoms with Crippen LogP contribution in [0.25, 0.3) is 0 Å². The fraction of sp³-hybridized carbons (Fsp3) is 0.417. The number of nitriles is 1. The molecule has 2 rings (SSSR count). The zero-order valence-corrected chi connectivity index (χ0v) is 12.0. The van der Waals surface area contributed by atoms with E-state index in [0.29, 0.717) is 19.6 Å². The van der Waals surface area contributed by atoms with Gasteiger partial charge in [0.25, 0.3) is 0 Å². The first kappa shape index (κ1) is 14.3. The van der Waals surface area contributed by atoms with Crippen LogP contribution >= 0.6 is 11.6 Å². The molecule has 0 amide bonds. The fourth-order valence-electron chi connectivity index (χ4n) is 2.01. The van der Waals surface area contributed by atoms with Crippen LogP contribution in [0.3, 0.4) is 0 Å². The van der Waals surface area contributed by atoms with Gasteiger partial charge in [0, 0.05) is 25.7 Å². The molecule has 1 saturated heterocycles. The largest absolute Gasteiger partial charge is 0.312 e. The number of piperazine rings is 1. The van der Waals surface area contributed by atoms with Gasteiger partial charge in [0.1, 0.15) is 6.07 Å². The summed E-state index contributed by atoms with van der Waals surface area (Å²) in [5.74, 6) is 0. The van der Waals surface area contributed by atoms with Crippen LogP contribution in [0.2, 0.25) is 5.02 Å². The van der Waals surface area contributed by atoms with Crippen molar-refractivity contribution in [3.8, 4) is 6.07 Å². The smallest absolute Gasteiger partial charge is 0.243 e. The summed E-state index contributed by atoms with van der Waals surface area (Å²) in [7, 11) is -3.54. The van der Waals surface area contributed by atoms with Crippen LogP contribution in [0, 0.1) is 11.3 Å². The van der Waals surface area contributed by atoms with Gasteiger partial charge in [0.2, 0.25) is 10.0 Å². The van der Waals surface area contributed by atoms with Crippen molar-refractivity contribution in [1.29, 1.82) is 5.26 Å². The Bertz CT molecular complexity index is 624. The second-order valence-corrected chi connectivity index (χ2v) is 6.82. The van der Waals surface area contributed by atoms with Gasteiger partial charge in [-0.1, -0.05) is 11.6 Å². The molecule has 0 spiro atoms. The van der Waals surface area contributed by atoms with Gasteiger partial charge < -0.3 is 5.32 Å². The summed E-state index contributed by atoms with van der Waals surface area (Å²) >= 11 is 5.89. The fourth-order valence-corrected chi connectivity index (χ4v) is 3.86. The van der Waals surface area contributed by atoms with E-state index in [1.807, 2.05) is 13.0 Å². The molecule has 1 aliphatic rings. The van der Waals surface area contributed by atoms with E-state index in [1.165, 1.54) is 22.5 Å². The summed E-state index contributed by atoms with van der Waals surface area (Å²) < 4.78 is 26.3. The van der Waals surface area contributed by atoms with Gasteiger partial charge in [0.15, 0.2) is 0 Å². The molecule has 19 heavy (non-hydrogen) atoms. The molecule has 1 aliphatic heterocycles. The van der Waals surface area contributed by atoms with E-state index in [0.717, 1.165) is 0 Å². The van der Waals surface area contributed by atoms with E-state index < -0.39 is 10.0 Å². The molecule has 1 N–H and O–H groups in total. The minimum absolute atomic E-state index is 0.123. The Hall–Kier alpha value is -1.13. The Balaban J connectivity index is 2.34. The predicted molar refractivity (Wildman–Crippen MR) is 72.4 cm³/mol. The molecule has 0 aliphatic carbocycles. The maximum absolute atomic E-state index is 12.4. The lowest BCUT2D eigenvalue weighted by Gasteiger charge is -2.31. The van der Waals surface area contributed by atoms with E-state index in [1.54, 1.807) is 0 Å². The Morgan fingerprint density at radius 2 is 2.26 bits per heavy atom. The maximum atomic E-state index is 12.4. The second kappa shape index (κ2) is 5.47. The molecular formula is C12H14ClN3O2S. The van der Waals surface area contributed by atoms with E-state index in [9.17, 15) is 8.42 Å². The average Bonchev–Trinajstić information content (AvgIpc) is 2.38. The van der Waals surface area contributed by atoms with E-state index in [4.69, 9.17) is 16.9 Å². The molecule has 5 nitrogen and oxygen atoms in total. The molecule has 1 heterocycles. The molecule has 1 atom stereocenters. The van der Waals surface area contributed by atoms with Crippen molar-refractivity contribution >= 4 is 21.6 Å². The van der Waals surface area contributed by atoms with Gasteiger partial charge in [-0.3, -0.25) is 0 Å². The summed E-state index contributed by atoms with van der Waals surface area (Å²) in [6.45, 7) is 3.43. The molecule has 0 bridgehead atoms. The Morgan fingerprint density at radius 3 is 2.84 bits per heavy atom. The Kier molecular flexibility index (Phi) is 4.11. The molecule has 1 fully saturated rings. The predicted octanol–water partition coefficient (Wildman–Crippen LogP) is 1.19. The number of hydrogen-bond donors (Lipinski definition) is 1. The quantitative estimate of drug-likeness (QED) is 0.890. The maximum Gasteiger partial charge on any atom is 0.243 e. The number of benzene rings is 1. The monoisotopic (exact) mass is 299 g/mol. The van der Waals surface area contributed by atoms with Gasteiger partial charge >= 0.3 is 0 Å². The average molecular weight is 300 g/mol. The lowest BCUT2D eigenvalue weighted by atomic mass is 10.2. The van der Waals surface area contributed by atoms with Crippen molar-refractivity contribution in [2.75, 3.05) is 19.6 Å². The highest BCUT2D eigenvalue weighted by molar-refractivity contribution is 7.89. The van der Waals surface area contributed by atoms with Crippen LogP contribution in [0.5, 0.6) is 0 Å². The lowest BCUT2D eigenvalue weighted by Crippen LogP contribution is -2.51. The molecule has 7 heteroatoms. The number of nitrogens with one attached hydrogen (secondary N) is 1. The Morgan fingerprint density at radius 1 is 1.53 bits per heavy atom. The molecule has 0 radical (unpaired) electrons. The summed E-state index contributed by atoms with van der Waals surface area (Å²) in [4.78, 5) is 0.130. The van der Waals surface area contributed by atoms with Crippen LogP contribution in [0.1, 0.15) is 12.5 Å². The number of hydrogen-bond acceptors (Lipinski definition) is 4. The first-order valence-corrected chi connectivity index (χ1v) is 7.70. The van der Waals surface area contributed by atoms with E-state index >= 15 is 0 Å². The standard InChI is InChI=1S/C12H14ClN3O2S/c1-9-8-16(5-4-15-9)19(17,18)11-3-2-10(7-14)12(13)6-11/h2-3,6,9,15H,4-5,8H2,1H3. The first-order valence-electron chi connectivity index (χ1n) is 5.88. The number of rotatable bonds is 2. The van der Waals surface area contributed by atoms with Crippen molar-refractivity contribution < 1.29 is 8.42 Å². The second-order valence-electron chi connectivity index (χ2n) is 4.47. The number of sulfonamides is 1. The van der Waals surface area contributed by atoms with Crippen LogP contribution in [-0.2, 0) is 10.0 Å². The van der Waals surface area contributed by atoms with Gasteiger partial charge in [-0.05, 0) is 25.1 Å². The number of halogens is 1. The van der Waals surface area contributed by atoms with Crippen molar-refractivity contribution in [3.63, 3.8) is 0 Å². The highest BCUT2D eigenvalue weighted by Crippen LogP contribution is 2.23. The lowest BCUT2D eigenvalue weighted by molar-refractivity contribution is 0.310. The zero-order chi connectivity index (χ0) is 14.0. The molecule has 1 aromatic rings. The van der Waals surface area contributed by atoms with E-state index in [2.05, 4.69) is 5.32 Å². The van der Waals surface area contributed by atoms with Crippen molar-refractivity contribution in [2.24, 2.45) is 0 Å². The van der Waals surface area contributed by atoms with Crippen LogP contribution in [0.4, 0.5) is 0 Å². The topological polar surface area (TPSA) is 73.2 Å². The minimum atomic E-state index is -3.54. The third kappa shape index (κ3) is 2.90. The van der Waals surface area contributed by atoms with Gasteiger partial charge in [-0.2, -0.15) is 9.57 Å². The van der Waals surface area contributed by atoms with Crippen LogP contribution in [-0.4, -0.2) is 38.4 Å². The van der Waals surface area contributed by atoms with Crippen LogP contribution in [0.15, 0.2) is 23.1 Å². The van der Waals surface area contributed by atoms with E-state index in [-0.39, 0.29) is 21.5 Å². The summed E-state index contributed by atoms with van der Waals surface area (Å²) in [5, 5.41) is 12.1. The third-order valence-corrected chi connectivity index (χ3v) is 5.20. The SMILES string of the molecule is CC1CN(S(=O)(=O)c2ccc(C#N)c(Cl)c2)CCN1. The highest BCUT2D eigenvalue weighted by Gasteiger charge is 2.28. The van der Waals surface area contributed by atoms with Crippen molar-refractivity contribution in [1.82, 2.24) is 9.62 Å². The summed E-state index contributed by atoms with van der Waals surface area (Å²) in [6.07, 6.45) is 0. The third-order valence-electron chi connectivity index (χ3n) is 3.03. The van der Waals surface area contributed by atoms with Crippen molar-refractivity contribution in [2.45, 2.75) is 17.9 Å². The highest BCUT2D eigenvalue weighted by atomic mass is 35.5. The molecular weight excluding hydrogens is 286 g/mol. The molecule has 0 aromatic heterocycles. The molecule has 102 valence electrons. The number of nitrogens with zero attached hydrogens (tertiary/aromatic N) is 2. The van der Waals surface area contributed by atoms with Gasteiger partial charge in [-0.15, -0.1) is 0 Å². The first-order chi connectivity index (χ1) is 8.95. The normalized spacial score (nSPS) is 21.0. The van der Waals surface area contributed by atoms with Gasteiger partial charge in [0.05, 0.1) is 15.5 Å². The minimum Gasteiger partial charge on any atom is -0.312 e. The zero-order valence-electron chi connectivity index (χ0n) is 10.4. The van der Waals surface area contributed by atoms with Gasteiger partial charge in [-0.25, -0.2) is 8.42 Å². The summed E-state index contributed by atoms with van der Waals surface area (Å²) in [5.41, 5.74) is 0.272. The Labute approximate surface area is 117 Å². The van der Waals surface area contributed by atoms with Crippen LogP contribution < -0.4 is 5.32 Å². The molecule has 0 saturated carbocycles. The summed E-state index contributed by atoms with van der Waals surface area (Å²) in [6, 6.07) is 6.22. The van der Waals surface area contributed by atoms with Crippen molar-refractivity contribution in [3.05, 3.63) is 28.8 Å². The molecule has 1 unspecified atom stereocenters.